The Morgan fingerprint density at radius 2 is 1.84 bits per heavy atom. The molecule has 0 atom stereocenters. The number of fused-ring (bicyclic) bond motifs is 2. The van der Waals surface area contributed by atoms with Gasteiger partial charge in [-0.05, 0) is 17.5 Å². The Morgan fingerprint density at radius 3 is 2.62 bits per heavy atom. The molecule has 8 heteroatoms. The van der Waals surface area contributed by atoms with Crippen LogP contribution >= 0.6 is 0 Å². The van der Waals surface area contributed by atoms with Gasteiger partial charge in [-0.3, -0.25) is 9.59 Å². The summed E-state index contributed by atoms with van der Waals surface area (Å²) in [6.07, 6.45) is 3.42. The Morgan fingerprint density at radius 1 is 1.06 bits per heavy atom. The number of amides is 1. The summed E-state index contributed by atoms with van der Waals surface area (Å²) in [7, 11) is 3.52. The molecule has 1 aliphatic heterocycles. The van der Waals surface area contributed by atoms with Gasteiger partial charge in [0.1, 0.15) is 19.4 Å². The lowest BCUT2D eigenvalue weighted by Crippen LogP contribution is -2.50. The number of nitrogens with zero attached hydrogens (tertiary/aromatic N) is 3. The molecule has 1 fully saturated rings. The van der Waals surface area contributed by atoms with Crippen molar-refractivity contribution in [1.29, 1.82) is 0 Å². The first kappa shape index (κ1) is 20.1. The number of aromatic nitrogens is 2. The number of H-pyrrole nitrogens is 1. The molecule has 1 aliphatic rings. The van der Waals surface area contributed by atoms with Crippen molar-refractivity contribution < 1.29 is 14.3 Å². The van der Waals surface area contributed by atoms with Crippen LogP contribution in [0.1, 0.15) is 10.4 Å². The Labute approximate surface area is 186 Å². The van der Waals surface area contributed by atoms with Crippen molar-refractivity contribution in [2.75, 3.05) is 38.2 Å². The fourth-order valence-corrected chi connectivity index (χ4v) is 4.44. The summed E-state index contributed by atoms with van der Waals surface area (Å²) < 4.78 is 5.44. The van der Waals surface area contributed by atoms with Crippen molar-refractivity contribution in [3.05, 3.63) is 60.4 Å². The highest BCUT2D eigenvalue weighted by molar-refractivity contribution is 6.46. The number of anilines is 1. The minimum absolute atomic E-state index is 0.351. The second kappa shape index (κ2) is 8.03. The number of ketones is 1. The summed E-state index contributed by atoms with van der Waals surface area (Å²) in [5, 5.41) is 2.88. The van der Waals surface area contributed by atoms with Crippen molar-refractivity contribution in [3.63, 3.8) is 0 Å². The smallest absolute Gasteiger partial charge is 0.295 e. The molecule has 1 N–H and O–H groups in total. The minimum Gasteiger partial charge on any atom is -0.496 e. The van der Waals surface area contributed by atoms with Crippen LogP contribution in [-0.2, 0) is 4.79 Å². The topological polar surface area (TPSA) is 78.5 Å². The van der Waals surface area contributed by atoms with E-state index in [4.69, 9.17) is 4.74 Å². The third-order valence-corrected chi connectivity index (χ3v) is 6.18. The number of hydrogen-bond acceptors (Lipinski definition) is 5. The predicted octanol–water partition coefficient (Wildman–Crippen LogP) is 1.51. The van der Waals surface area contributed by atoms with Crippen molar-refractivity contribution >= 4 is 52.5 Å². The number of hydrogen-bond donors (Lipinski definition) is 1. The minimum atomic E-state index is -0.517. The van der Waals surface area contributed by atoms with Crippen LogP contribution in [0, 0.1) is 0 Å². The second-order valence-electron chi connectivity index (χ2n) is 8.00. The Kier molecular flexibility index (Phi) is 5.05. The molecular formula is C24H23BN4O3. The first-order valence-electron chi connectivity index (χ1n) is 10.7. The number of piperazine rings is 1. The molecule has 0 aliphatic carbocycles. The zero-order chi connectivity index (χ0) is 22.2. The lowest BCUT2D eigenvalue weighted by atomic mass is 9.92. The summed E-state index contributed by atoms with van der Waals surface area (Å²) in [5.74, 6) is 0.491. The predicted molar refractivity (Wildman–Crippen MR) is 128 cm³/mol. The summed E-state index contributed by atoms with van der Waals surface area (Å²) in [6.45, 7) is 2.18. The first-order valence-corrected chi connectivity index (χ1v) is 10.7. The van der Waals surface area contributed by atoms with Crippen LogP contribution in [0.25, 0.3) is 21.7 Å². The maximum atomic E-state index is 13.1. The van der Waals surface area contributed by atoms with Crippen LogP contribution in [0.5, 0.6) is 5.75 Å². The first-order chi connectivity index (χ1) is 15.6. The molecule has 1 saturated heterocycles. The van der Waals surface area contributed by atoms with Gasteiger partial charge in [0.15, 0.2) is 0 Å². The van der Waals surface area contributed by atoms with Crippen molar-refractivity contribution in [2.24, 2.45) is 0 Å². The lowest BCUT2D eigenvalue weighted by Gasteiger charge is -2.35. The molecule has 0 unspecified atom stereocenters. The summed E-state index contributed by atoms with van der Waals surface area (Å²) >= 11 is 0. The Balaban J connectivity index is 1.35. The number of Topliss-reactive ketones (excluding diaryl/α,β-unsaturated/α-hetero) is 1. The molecule has 160 valence electrons. The van der Waals surface area contributed by atoms with Crippen LogP contribution in [0.3, 0.4) is 0 Å². The van der Waals surface area contributed by atoms with Crippen molar-refractivity contribution in [2.45, 2.75) is 0 Å². The van der Waals surface area contributed by atoms with Gasteiger partial charge >= 0.3 is 0 Å². The number of carbonyl (C=O) groups is 2. The highest BCUT2D eigenvalue weighted by Gasteiger charge is 2.30. The number of benzene rings is 2. The number of pyridine rings is 1. The number of aromatic amines is 1. The maximum Gasteiger partial charge on any atom is 0.295 e. The highest BCUT2D eigenvalue weighted by atomic mass is 16.5. The van der Waals surface area contributed by atoms with E-state index in [0.717, 1.165) is 27.6 Å². The van der Waals surface area contributed by atoms with Crippen molar-refractivity contribution in [1.82, 2.24) is 14.9 Å². The van der Waals surface area contributed by atoms with E-state index in [1.807, 2.05) is 44.4 Å². The van der Waals surface area contributed by atoms with E-state index in [-0.39, 0.29) is 0 Å². The number of ether oxygens (including phenoxy) is 1. The lowest BCUT2D eigenvalue weighted by molar-refractivity contribution is -0.126. The SMILES string of the molecule is Bc1ccc(OC)c2c(C(=O)C(=O)N3CCN(c4nccc5ccccc45)CC3)c[nH]c12. The summed E-state index contributed by atoms with van der Waals surface area (Å²) in [5.41, 5.74) is 2.15. The molecule has 0 bridgehead atoms. The van der Waals surface area contributed by atoms with Gasteiger partial charge in [0.2, 0.25) is 0 Å². The largest absolute Gasteiger partial charge is 0.496 e. The third kappa shape index (κ3) is 3.28. The zero-order valence-electron chi connectivity index (χ0n) is 18.1. The van der Waals surface area contributed by atoms with Gasteiger partial charge in [-0.1, -0.05) is 35.8 Å². The quantitative estimate of drug-likeness (QED) is 0.304. The normalized spacial score (nSPS) is 14.2. The third-order valence-electron chi connectivity index (χ3n) is 6.18. The van der Waals surface area contributed by atoms with Crippen molar-refractivity contribution in [3.8, 4) is 5.75 Å². The van der Waals surface area contributed by atoms with Crippen LogP contribution < -0.4 is 15.1 Å². The molecule has 7 nitrogen and oxygen atoms in total. The van der Waals surface area contributed by atoms with Gasteiger partial charge in [0.25, 0.3) is 11.7 Å². The number of methoxy groups -OCH3 is 1. The molecule has 32 heavy (non-hydrogen) atoms. The molecule has 2 aromatic heterocycles. The van der Waals surface area contributed by atoms with E-state index >= 15 is 0 Å². The van der Waals surface area contributed by atoms with E-state index in [1.165, 1.54) is 0 Å². The number of carbonyl (C=O) groups excluding carboxylic acids is 2. The van der Waals surface area contributed by atoms with Gasteiger partial charge in [-0.25, -0.2) is 4.98 Å². The second-order valence-corrected chi connectivity index (χ2v) is 8.00. The molecule has 0 spiro atoms. The van der Waals surface area contributed by atoms with Gasteiger partial charge in [0.05, 0.1) is 18.1 Å². The average Bonchev–Trinajstić information content (AvgIpc) is 3.29. The Hall–Kier alpha value is -3.81. The fourth-order valence-electron chi connectivity index (χ4n) is 4.44. The summed E-state index contributed by atoms with van der Waals surface area (Å²) in [4.78, 5) is 37.7. The van der Waals surface area contributed by atoms with Crippen LogP contribution in [-0.4, -0.2) is 67.7 Å². The van der Waals surface area contributed by atoms with E-state index in [9.17, 15) is 9.59 Å². The van der Waals surface area contributed by atoms with Gasteiger partial charge in [-0.2, -0.15) is 0 Å². The average molecular weight is 426 g/mol. The van der Waals surface area contributed by atoms with Crippen LogP contribution in [0.15, 0.2) is 54.9 Å². The molecule has 3 heterocycles. The molecule has 4 aromatic rings. The molecule has 0 saturated carbocycles. The number of rotatable bonds is 4. The molecular weight excluding hydrogens is 403 g/mol. The standard InChI is InChI=1S/C24H23BN4O3/c1-32-19-7-6-18(25)21-20(19)17(14-27-21)22(30)24(31)29-12-10-28(11-13-29)23-16-5-3-2-4-15(16)8-9-26-23/h2-9,14,27H,10-13,25H2,1H3. The maximum absolute atomic E-state index is 13.1. The van der Waals surface area contributed by atoms with E-state index in [2.05, 4.69) is 27.0 Å². The van der Waals surface area contributed by atoms with Gasteiger partial charge in [0, 0.05) is 49.5 Å². The zero-order valence-corrected chi connectivity index (χ0v) is 18.1. The monoisotopic (exact) mass is 426 g/mol. The van der Waals surface area contributed by atoms with E-state index < -0.39 is 11.7 Å². The summed E-state index contributed by atoms with van der Waals surface area (Å²) in [6, 6.07) is 13.9. The van der Waals surface area contributed by atoms with E-state index in [1.54, 1.807) is 18.2 Å². The van der Waals surface area contributed by atoms with Crippen LogP contribution in [0.2, 0.25) is 0 Å². The Bertz CT molecular complexity index is 1340. The van der Waals surface area contributed by atoms with Gasteiger partial charge in [-0.15, -0.1) is 0 Å². The fraction of sp³-hybridized carbons (Fsp3) is 0.208. The van der Waals surface area contributed by atoms with Gasteiger partial charge < -0.3 is 19.5 Å². The van der Waals surface area contributed by atoms with Crippen LogP contribution in [0.4, 0.5) is 5.82 Å². The highest BCUT2D eigenvalue weighted by Crippen LogP contribution is 2.29. The molecule has 0 radical (unpaired) electrons. The van der Waals surface area contributed by atoms with E-state index in [0.29, 0.717) is 42.9 Å². The molecule has 2 aromatic carbocycles. The molecule has 1 amide bonds. The number of nitrogens with one attached hydrogen (secondary N) is 1. The molecule has 5 rings (SSSR count).